The first-order valence-corrected chi connectivity index (χ1v) is 9.55. The highest BCUT2D eigenvalue weighted by Gasteiger charge is 2.30. The molecule has 1 aliphatic rings. The van der Waals surface area contributed by atoms with E-state index in [1.165, 1.54) is 0 Å². The lowest BCUT2D eigenvalue weighted by molar-refractivity contribution is 0.0493. The molecule has 1 aromatic rings. The van der Waals surface area contributed by atoms with Gasteiger partial charge in [-0.15, -0.1) is 0 Å². The topological polar surface area (TPSA) is 84.9 Å². The normalized spacial score (nSPS) is 17.2. The molecule has 0 bridgehead atoms. The van der Waals surface area contributed by atoms with Crippen molar-refractivity contribution in [3.63, 3.8) is 0 Å². The molecule has 1 aliphatic carbocycles. The first-order valence-electron chi connectivity index (χ1n) is 9.55. The monoisotopic (exact) mass is 377 g/mol. The van der Waals surface area contributed by atoms with Crippen molar-refractivity contribution in [2.45, 2.75) is 78.4 Å². The lowest BCUT2D eigenvalue weighted by Gasteiger charge is -2.23. The Morgan fingerprint density at radius 3 is 2.59 bits per heavy atom. The van der Waals surface area contributed by atoms with Gasteiger partial charge in [0.1, 0.15) is 18.0 Å². The van der Waals surface area contributed by atoms with Crippen LogP contribution in [0.2, 0.25) is 0 Å². The van der Waals surface area contributed by atoms with Gasteiger partial charge in [0.25, 0.3) is 0 Å². The van der Waals surface area contributed by atoms with Crippen LogP contribution in [0.4, 0.5) is 4.79 Å². The van der Waals surface area contributed by atoms with E-state index in [9.17, 15) is 14.7 Å². The van der Waals surface area contributed by atoms with Crippen molar-refractivity contribution in [3.05, 3.63) is 28.3 Å². The first-order chi connectivity index (χ1) is 12.5. The van der Waals surface area contributed by atoms with Crippen LogP contribution in [0.3, 0.4) is 0 Å². The van der Waals surface area contributed by atoms with Crippen molar-refractivity contribution in [1.82, 2.24) is 5.32 Å². The molecule has 0 radical (unpaired) electrons. The Hall–Kier alpha value is -2.24. The zero-order chi connectivity index (χ0) is 20.4. The molecule has 0 aromatic heterocycles. The van der Waals surface area contributed by atoms with E-state index in [4.69, 9.17) is 9.47 Å². The largest absolute Gasteiger partial charge is 0.491 e. The Morgan fingerprint density at radius 2 is 2.04 bits per heavy atom. The van der Waals surface area contributed by atoms with Crippen molar-refractivity contribution >= 4 is 12.1 Å². The number of fused-ring (bicyclic) bond motifs is 1. The number of carbonyl (C=O) groups excluding carboxylic acids is 1. The molecule has 1 aromatic carbocycles. The number of benzene rings is 1. The van der Waals surface area contributed by atoms with Gasteiger partial charge in [-0.3, -0.25) is 0 Å². The summed E-state index contributed by atoms with van der Waals surface area (Å²) >= 11 is 0. The van der Waals surface area contributed by atoms with Crippen molar-refractivity contribution < 1.29 is 24.2 Å². The maximum Gasteiger partial charge on any atom is 0.407 e. The summed E-state index contributed by atoms with van der Waals surface area (Å²) in [5.74, 6) is 0.0242. The van der Waals surface area contributed by atoms with Gasteiger partial charge < -0.3 is 19.9 Å². The van der Waals surface area contributed by atoms with E-state index in [0.29, 0.717) is 17.2 Å². The van der Waals surface area contributed by atoms with Crippen molar-refractivity contribution in [2.75, 3.05) is 6.61 Å². The summed E-state index contributed by atoms with van der Waals surface area (Å²) in [4.78, 5) is 23.6. The smallest absolute Gasteiger partial charge is 0.407 e. The third kappa shape index (κ3) is 5.15. The number of hydrogen-bond acceptors (Lipinski definition) is 4. The van der Waals surface area contributed by atoms with Gasteiger partial charge in [-0.05, 0) is 82.6 Å². The molecule has 0 saturated heterocycles. The molecule has 1 amide bonds. The molecule has 0 heterocycles. The fourth-order valence-corrected chi connectivity index (χ4v) is 3.63. The molecule has 0 spiro atoms. The lowest BCUT2D eigenvalue weighted by atomic mass is 9.91. The van der Waals surface area contributed by atoms with Crippen LogP contribution in [0.5, 0.6) is 5.75 Å². The van der Waals surface area contributed by atoms with Gasteiger partial charge in [-0.25, -0.2) is 9.59 Å². The molecule has 6 heteroatoms. The summed E-state index contributed by atoms with van der Waals surface area (Å²) in [6, 6.07) is 1.34. The van der Waals surface area contributed by atoms with Crippen molar-refractivity contribution in [2.24, 2.45) is 0 Å². The second-order valence-corrected chi connectivity index (χ2v) is 8.25. The van der Waals surface area contributed by atoms with Crippen LogP contribution in [0, 0.1) is 6.92 Å². The fraction of sp³-hybridized carbons (Fsp3) is 0.619. The molecule has 27 heavy (non-hydrogen) atoms. The average molecular weight is 377 g/mol. The van der Waals surface area contributed by atoms with E-state index in [0.717, 1.165) is 36.0 Å². The number of carboxylic acids is 1. The predicted octanol–water partition coefficient (Wildman–Crippen LogP) is 4.43. The molecular formula is C21H31NO5. The molecule has 150 valence electrons. The molecule has 0 saturated carbocycles. The molecule has 2 rings (SSSR count). The van der Waals surface area contributed by atoms with Gasteiger partial charge in [0, 0.05) is 0 Å². The summed E-state index contributed by atoms with van der Waals surface area (Å²) in [6.07, 6.45) is 2.26. The highest BCUT2D eigenvalue weighted by Crippen LogP contribution is 2.42. The second-order valence-electron chi connectivity index (χ2n) is 8.25. The van der Waals surface area contributed by atoms with Crippen LogP contribution in [0.25, 0.3) is 0 Å². The number of amides is 1. The van der Waals surface area contributed by atoms with Crippen LogP contribution in [-0.4, -0.2) is 35.4 Å². The Balaban J connectivity index is 2.14. The SMILES string of the molecule is CCC1CCc2c(C(=O)O)cc(OC[C@H](C)NC(=O)OC(C)(C)C)c(C)c21. The third-order valence-electron chi connectivity index (χ3n) is 4.83. The van der Waals surface area contributed by atoms with Gasteiger partial charge in [0.15, 0.2) is 0 Å². The summed E-state index contributed by atoms with van der Waals surface area (Å²) in [7, 11) is 0. The highest BCUT2D eigenvalue weighted by molar-refractivity contribution is 5.91. The molecule has 2 atom stereocenters. The van der Waals surface area contributed by atoms with Crippen LogP contribution >= 0.6 is 0 Å². The Kier molecular flexibility index (Phi) is 6.39. The molecule has 0 fully saturated rings. The first kappa shape index (κ1) is 21.1. The zero-order valence-corrected chi connectivity index (χ0v) is 17.1. The molecule has 2 N–H and O–H groups in total. The van der Waals surface area contributed by atoms with Crippen LogP contribution in [0.1, 0.15) is 80.4 Å². The van der Waals surface area contributed by atoms with E-state index >= 15 is 0 Å². The number of nitrogens with one attached hydrogen (secondary N) is 1. The van der Waals surface area contributed by atoms with Crippen LogP contribution in [-0.2, 0) is 11.2 Å². The number of hydrogen-bond donors (Lipinski definition) is 2. The second kappa shape index (κ2) is 8.19. The van der Waals surface area contributed by atoms with Crippen molar-refractivity contribution in [3.8, 4) is 5.75 Å². The van der Waals surface area contributed by atoms with Gasteiger partial charge in [-0.2, -0.15) is 0 Å². The molecule has 1 unspecified atom stereocenters. The minimum absolute atomic E-state index is 0.231. The van der Waals surface area contributed by atoms with E-state index in [-0.39, 0.29) is 12.6 Å². The Labute approximate surface area is 161 Å². The average Bonchev–Trinajstić information content (AvgIpc) is 2.96. The minimum atomic E-state index is -0.923. The molecular weight excluding hydrogens is 346 g/mol. The van der Waals surface area contributed by atoms with E-state index in [1.54, 1.807) is 26.8 Å². The lowest BCUT2D eigenvalue weighted by Crippen LogP contribution is -2.40. The van der Waals surface area contributed by atoms with Crippen molar-refractivity contribution in [1.29, 1.82) is 0 Å². The third-order valence-corrected chi connectivity index (χ3v) is 4.83. The van der Waals surface area contributed by atoms with E-state index in [2.05, 4.69) is 12.2 Å². The standard InChI is InChI=1S/C21H31NO5/c1-7-14-8-9-15-16(19(23)24)10-17(13(3)18(14)15)26-11-12(2)22-20(25)27-21(4,5)6/h10,12,14H,7-9,11H2,1-6H3,(H,22,25)(H,23,24)/t12-,14?/m0/s1. The number of carboxylic acid groups (broad SMARTS) is 1. The van der Waals surface area contributed by atoms with E-state index < -0.39 is 17.7 Å². The number of alkyl carbamates (subject to hydrolysis) is 1. The summed E-state index contributed by atoms with van der Waals surface area (Å²) in [5, 5.41) is 12.3. The number of aromatic carboxylic acids is 1. The van der Waals surface area contributed by atoms with E-state index in [1.807, 2.05) is 13.8 Å². The summed E-state index contributed by atoms with van der Waals surface area (Å²) in [5.41, 5.74) is 2.84. The zero-order valence-electron chi connectivity index (χ0n) is 17.1. The number of rotatable bonds is 6. The summed E-state index contributed by atoms with van der Waals surface area (Å²) < 4.78 is 11.1. The van der Waals surface area contributed by atoms with Crippen LogP contribution in [0.15, 0.2) is 6.07 Å². The van der Waals surface area contributed by atoms with Gasteiger partial charge >= 0.3 is 12.1 Å². The maximum atomic E-state index is 11.9. The van der Waals surface area contributed by atoms with Crippen LogP contribution < -0.4 is 10.1 Å². The fourth-order valence-electron chi connectivity index (χ4n) is 3.63. The van der Waals surface area contributed by atoms with Gasteiger partial charge in [-0.1, -0.05) is 6.92 Å². The quantitative estimate of drug-likeness (QED) is 0.766. The van der Waals surface area contributed by atoms with Gasteiger partial charge in [0.05, 0.1) is 11.6 Å². The maximum absolute atomic E-state index is 11.9. The number of carbonyl (C=O) groups is 2. The Morgan fingerprint density at radius 1 is 1.37 bits per heavy atom. The van der Waals surface area contributed by atoms with Gasteiger partial charge in [0.2, 0.25) is 0 Å². The Bertz CT molecular complexity index is 720. The predicted molar refractivity (Wildman–Crippen MR) is 104 cm³/mol. The minimum Gasteiger partial charge on any atom is -0.491 e. The molecule has 0 aliphatic heterocycles. The summed E-state index contributed by atoms with van der Waals surface area (Å²) in [6.45, 7) is 11.6. The highest BCUT2D eigenvalue weighted by atomic mass is 16.6. The number of ether oxygens (including phenoxy) is 2. The molecule has 6 nitrogen and oxygen atoms in total.